The topological polar surface area (TPSA) is 89.5 Å². The molecule has 2 rings (SSSR count). The summed E-state index contributed by atoms with van der Waals surface area (Å²) in [6, 6.07) is -1.63. The Hall–Kier alpha value is 0.776. The van der Waals surface area contributed by atoms with E-state index < -0.39 is 22.8 Å². The third-order valence-corrected chi connectivity index (χ3v) is 6.29. The fourth-order valence-electron chi connectivity index (χ4n) is 2.67. The molecule has 0 saturated carbocycles. The number of fused-ring (bicyclic) bond motifs is 1. The maximum Gasteiger partial charge on any atom is 1.00 e. The first kappa shape index (κ1) is 22.8. The van der Waals surface area contributed by atoms with Crippen LogP contribution >= 0.6 is 35.1 Å². The fraction of sp³-hybridized carbons (Fsp3) is 0.643. The van der Waals surface area contributed by atoms with E-state index in [2.05, 4.69) is 5.32 Å². The molecule has 24 heavy (non-hydrogen) atoms. The number of halogens is 1. The molecular weight excluding hydrogens is 399 g/mol. The summed E-state index contributed by atoms with van der Waals surface area (Å²) in [6.07, 6.45) is 1.80. The number of carboxylic acid groups (broad SMARTS) is 1. The van der Waals surface area contributed by atoms with Crippen molar-refractivity contribution >= 4 is 52.9 Å². The van der Waals surface area contributed by atoms with Crippen LogP contribution in [0.3, 0.4) is 0 Å². The third-order valence-electron chi connectivity index (χ3n) is 3.70. The summed E-state index contributed by atoms with van der Waals surface area (Å²) in [4.78, 5) is 36.7. The molecule has 0 radical (unpaired) electrons. The predicted octanol–water partition coefficient (Wildman–Crippen LogP) is -2.84. The number of aliphatic carboxylic acids is 1. The molecule has 0 bridgehead atoms. The van der Waals surface area contributed by atoms with E-state index in [9.17, 15) is 19.5 Å². The normalized spacial score (nSPS) is 27.8. The number of carbonyl (C=O) groups excluding carboxylic acids is 3. The van der Waals surface area contributed by atoms with Crippen LogP contribution in [0.5, 0.6) is 0 Å². The Bertz CT molecular complexity index is 569. The van der Waals surface area contributed by atoms with E-state index in [0.29, 0.717) is 10.8 Å². The Kier molecular flexibility index (Phi) is 8.67. The Balaban J connectivity index is 0.00000288. The monoisotopic (exact) mass is 416 g/mol. The molecule has 6 nitrogen and oxygen atoms in total. The molecule has 0 unspecified atom stereocenters. The second kappa shape index (κ2) is 9.12. The van der Waals surface area contributed by atoms with Crippen LogP contribution < -0.4 is 61.8 Å². The average Bonchev–Trinajstić information content (AvgIpc) is 2.69. The van der Waals surface area contributed by atoms with Crippen molar-refractivity contribution in [3.05, 3.63) is 11.1 Å². The molecular formula is C14H18ClKN2O4S2. The first-order valence-electron chi connectivity index (χ1n) is 7.05. The molecule has 128 valence electrons. The smallest absolute Gasteiger partial charge is 0.548 e. The van der Waals surface area contributed by atoms with Gasteiger partial charge in [0.25, 0.3) is 0 Å². The maximum absolute atomic E-state index is 12.2. The Labute approximate surface area is 197 Å². The van der Waals surface area contributed by atoms with E-state index in [1.165, 1.54) is 28.4 Å². The molecule has 0 aromatic rings. The van der Waals surface area contributed by atoms with Gasteiger partial charge < -0.3 is 20.1 Å². The molecule has 3 atom stereocenters. The van der Waals surface area contributed by atoms with Crippen molar-refractivity contribution in [3.8, 4) is 0 Å². The average molecular weight is 417 g/mol. The second-order valence-electron chi connectivity index (χ2n) is 5.93. The number of β-lactam (4-membered cyclic amide) rings is 1. The molecule has 0 aromatic carbocycles. The van der Waals surface area contributed by atoms with Gasteiger partial charge in [0.2, 0.25) is 11.8 Å². The number of rotatable bonds is 6. The van der Waals surface area contributed by atoms with Crippen molar-refractivity contribution < 1.29 is 70.9 Å². The van der Waals surface area contributed by atoms with E-state index in [4.69, 9.17) is 11.6 Å². The van der Waals surface area contributed by atoms with E-state index in [1.807, 2.05) is 0 Å². The van der Waals surface area contributed by atoms with Gasteiger partial charge in [-0.15, -0.1) is 23.5 Å². The summed E-state index contributed by atoms with van der Waals surface area (Å²) < 4.78 is -0.643. The molecule has 2 saturated heterocycles. The Morgan fingerprint density at radius 2 is 2.12 bits per heavy atom. The summed E-state index contributed by atoms with van der Waals surface area (Å²) in [5.74, 6) is -1.04. The van der Waals surface area contributed by atoms with Gasteiger partial charge in [0.05, 0.1) is 17.8 Å². The van der Waals surface area contributed by atoms with Gasteiger partial charge in [-0.3, -0.25) is 9.59 Å². The van der Waals surface area contributed by atoms with Crippen LogP contribution in [0.2, 0.25) is 0 Å². The van der Waals surface area contributed by atoms with Crippen molar-refractivity contribution in [1.29, 1.82) is 0 Å². The summed E-state index contributed by atoms with van der Waals surface area (Å²) in [6.45, 7) is 5.29. The van der Waals surface area contributed by atoms with Gasteiger partial charge in [-0.25, -0.2) is 0 Å². The van der Waals surface area contributed by atoms with Crippen LogP contribution in [0.15, 0.2) is 11.1 Å². The number of nitrogens with zero attached hydrogens (tertiary/aromatic N) is 1. The minimum atomic E-state index is -1.26. The minimum absolute atomic E-state index is 0. The largest absolute Gasteiger partial charge is 1.00 e. The van der Waals surface area contributed by atoms with Crippen molar-refractivity contribution in [2.45, 2.75) is 43.0 Å². The fourth-order valence-corrected chi connectivity index (χ4v) is 5.21. The van der Waals surface area contributed by atoms with Crippen LogP contribution in [0.4, 0.5) is 0 Å². The first-order chi connectivity index (χ1) is 10.6. The zero-order valence-corrected chi connectivity index (χ0v) is 19.5. The molecule has 2 amide bonds. The second-order valence-corrected chi connectivity index (χ2v) is 9.33. The van der Waals surface area contributed by atoms with Gasteiger partial charge in [0.15, 0.2) is 0 Å². The van der Waals surface area contributed by atoms with Crippen molar-refractivity contribution in [2.75, 3.05) is 11.5 Å². The van der Waals surface area contributed by atoms with Crippen LogP contribution in [-0.4, -0.2) is 56.4 Å². The molecule has 0 spiro atoms. The molecule has 2 aliphatic rings. The Morgan fingerprint density at radius 3 is 2.67 bits per heavy atom. The molecule has 0 aliphatic carbocycles. The van der Waals surface area contributed by atoms with Crippen LogP contribution in [0.25, 0.3) is 0 Å². The number of amides is 2. The zero-order valence-electron chi connectivity index (χ0n) is 14.0. The molecule has 10 heteroatoms. The SMILES string of the molecule is C/C(Cl)=C\CSCC(=O)N[C@@H]1C(=O)N2[C@@H]1SC(C)(C)[C@@H]2C(=O)[O-].[K+]. The number of nitrogens with one attached hydrogen (secondary N) is 1. The van der Waals surface area contributed by atoms with Gasteiger partial charge in [0, 0.05) is 15.5 Å². The molecule has 2 fully saturated rings. The van der Waals surface area contributed by atoms with E-state index in [1.54, 1.807) is 26.8 Å². The van der Waals surface area contributed by atoms with Gasteiger partial charge in [0.1, 0.15) is 11.4 Å². The van der Waals surface area contributed by atoms with E-state index >= 15 is 0 Å². The maximum atomic E-state index is 12.2. The summed E-state index contributed by atoms with van der Waals surface area (Å²) >= 11 is 8.46. The molecule has 1 N–H and O–H groups in total. The standard InChI is InChI=1S/C14H19ClN2O4S2.K/c1-7(15)4-5-22-6-8(18)16-9-11(19)17-10(13(20)21)14(2,3)23-12(9)17;/h4,9-10,12H,5-6H2,1-3H3,(H,16,18)(H,20,21);/q;+1/p-1/b7-4+;/t9-,10+,12-;/m1./s1. The Morgan fingerprint density at radius 1 is 1.50 bits per heavy atom. The molecule has 0 aromatic heterocycles. The van der Waals surface area contributed by atoms with Gasteiger partial charge in [-0.1, -0.05) is 17.7 Å². The van der Waals surface area contributed by atoms with Gasteiger partial charge in [-0.05, 0) is 20.8 Å². The summed E-state index contributed by atoms with van der Waals surface area (Å²) in [5.41, 5.74) is 0. The zero-order chi connectivity index (χ0) is 17.4. The summed E-state index contributed by atoms with van der Waals surface area (Å²) in [7, 11) is 0. The van der Waals surface area contributed by atoms with E-state index in [0.717, 1.165) is 0 Å². The first-order valence-corrected chi connectivity index (χ1v) is 9.46. The number of thioether (sulfide) groups is 2. The minimum Gasteiger partial charge on any atom is -0.548 e. The van der Waals surface area contributed by atoms with Crippen LogP contribution in [0.1, 0.15) is 20.8 Å². The third kappa shape index (κ3) is 4.94. The van der Waals surface area contributed by atoms with Crippen molar-refractivity contribution in [3.63, 3.8) is 0 Å². The van der Waals surface area contributed by atoms with Crippen LogP contribution in [0, 0.1) is 0 Å². The predicted molar refractivity (Wildman–Crippen MR) is 90.0 cm³/mol. The van der Waals surface area contributed by atoms with E-state index in [-0.39, 0.29) is 74.3 Å². The molecule has 2 heterocycles. The number of hydrogen-bond acceptors (Lipinski definition) is 6. The van der Waals surface area contributed by atoms with Crippen molar-refractivity contribution in [2.24, 2.45) is 0 Å². The summed E-state index contributed by atoms with van der Waals surface area (Å²) in [5, 5.41) is 14.3. The number of allylic oxidation sites excluding steroid dienone is 1. The number of hydrogen-bond donors (Lipinski definition) is 1. The molecule has 2 aliphatic heterocycles. The quantitative estimate of drug-likeness (QED) is 0.285. The number of carbonyl (C=O) groups is 3. The van der Waals surface area contributed by atoms with Crippen LogP contribution in [-0.2, 0) is 14.4 Å². The number of carboxylic acids is 1. The van der Waals surface area contributed by atoms with Gasteiger partial charge >= 0.3 is 51.4 Å². The van der Waals surface area contributed by atoms with Gasteiger partial charge in [-0.2, -0.15) is 0 Å². The van der Waals surface area contributed by atoms with Crippen molar-refractivity contribution in [1.82, 2.24) is 10.2 Å².